The Morgan fingerprint density at radius 2 is 1.85 bits per heavy atom. The fraction of sp³-hybridized carbons (Fsp3) is 0.364. The molecule has 1 N–H and O–H groups in total. The van der Waals surface area contributed by atoms with E-state index >= 15 is 0 Å². The number of nitrogens with one attached hydrogen (secondary N) is 1. The second-order valence-electron chi connectivity index (χ2n) is 6.61. The molecule has 4 heteroatoms. The molecule has 3 rings (SSSR count). The first-order chi connectivity index (χ1) is 12.8. The summed E-state index contributed by atoms with van der Waals surface area (Å²) in [7, 11) is 0. The third kappa shape index (κ3) is 4.86. The summed E-state index contributed by atoms with van der Waals surface area (Å²) in [6.07, 6.45) is 6.97. The summed E-state index contributed by atoms with van der Waals surface area (Å²) >= 11 is 0. The molecule has 0 atom stereocenters. The molecule has 3 aromatic rings. The lowest BCUT2D eigenvalue weighted by atomic mass is 10.1. The molecule has 1 aromatic heterocycles. The molecule has 134 valence electrons. The minimum Gasteiger partial charge on any atom is -0.494 e. The zero-order valence-electron chi connectivity index (χ0n) is 15.3. The van der Waals surface area contributed by atoms with Crippen molar-refractivity contribution in [1.29, 1.82) is 5.26 Å². The first kappa shape index (κ1) is 18.0. The van der Waals surface area contributed by atoms with E-state index in [0.717, 1.165) is 42.1 Å². The van der Waals surface area contributed by atoms with E-state index < -0.39 is 0 Å². The van der Waals surface area contributed by atoms with Gasteiger partial charge in [0.15, 0.2) is 0 Å². The Morgan fingerprint density at radius 3 is 2.62 bits per heavy atom. The summed E-state index contributed by atoms with van der Waals surface area (Å²) in [5.41, 5.74) is 3.61. The molecular weight excluding hydrogens is 322 g/mol. The first-order valence-electron chi connectivity index (χ1n) is 9.39. The number of aromatic amines is 1. The number of nitriles is 1. The van der Waals surface area contributed by atoms with Gasteiger partial charge in [0.1, 0.15) is 11.6 Å². The second kappa shape index (κ2) is 9.05. The lowest BCUT2D eigenvalue weighted by Gasteiger charge is -2.07. The molecule has 0 bridgehead atoms. The van der Waals surface area contributed by atoms with Crippen LogP contribution in [-0.4, -0.2) is 16.6 Å². The molecular formula is C22H25N3O. The summed E-state index contributed by atoms with van der Waals surface area (Å²) in [6, 6.07) is 15.9. The van der Waals surface area contributed by atoms with Crippen molar-refractivity contribution in [3.05, 3.63) is 59.4 Å². The number of hydrogen-bond donors (Lipinski definition) is 1. The fourth-order valence-electron chi connectivity index (χ4n) is 3.00. The number of nitrogens with zero attached hydrogens (tertiary/aromatic N) is 2. The normalized spacial score (nSPS) is 10.8. The van der Waals surface area contributed by atoms with Gasteiger partial charge in [0.2, 0.25) is 0 Å². The monoisotopic (exact) mass is 347 g/mol. The molecule has 2 aromatic carbocycles. The van der Waals surface area contributed by atoms with Crippen LogP contribution in [0.2, 0.25) is 0 Å². The van der Waals surface area contributed by atoms with Gasteiger partial charge in [-0.25, -0.2) is 4.98 Å². The molecule has 0 saturated heterocycles. The Hall–Kier alpha value is -2.80. The third-order valence-electron chi connectivity index (χ3n) is 4.47. The van der Waals surface area contributed by atoms with E-state index in [-0.39, 0.29) is 0 Å². The van der Waals surface area contributed by atoms with Crippen molar-refractivity contribution in [2.45, 2.75) is 45.4 Å². The van der Waals surface area contributed by atoms with E-state index in [1.165, 1.54) is 31.2 Å². The molecule has 0 aliphatic carbocycles. The summed E-state index contributed by atoms with van der Waals surface area (Å²) in [5, 5.41) is 8.98. The highest BCUT2D eigenvalue weighted by molar-refractivity contribution is 5.76. The molecule has 0 unspecified atom stereocenters. The molecule has 0 spiro atoms. The Bertz CT molecular complexity index is 875. The average Bonchev–Trinajstić information content (AvgIpc) is 3.07. The van der Waals surface area contributed by atoms with Crippen molar-refractivity contribution in [2.75, 3.05) is 6.61 Å². The zero-order valence-corrected chi connectivity index (χ0v) is 15.3. The highest BCUT2D eigenvalue weighted by Gasteiger charge is 2.05. The third-order valence-corrected chi connectivity index (χ3v) is 4.47. The molecule has 0 fully saturated rings. The summed E-state index contributed by atoms with van der Waals surface area (Å²) in [6.45, 7) is 3.01. The molecule has 0 aliphatic rings. The highest BCUT2D eigenvalue weighted by Crippen LogP contribution is 2.18. The fourth-order valence-corrected chi connectivity index (χ4v) is 3.00. The average molecular weight is 347 g/mol. The highest BCUT2D eigenvalue weighted by atomic mass is 16.5. The summed E-state index contributed by atoms with van der Waals surface area (Å²) in [4.78, 5) is 7.90. The summed E-state index contributed by atoms with van der Waals surface area (Å²) in [5.74, 6) is 1.83. The maximum atomic E-state index is 8.98. The second-order valence-corrected chi connectivity index (χ2v) is 6.61. The van der Waals surface area contributed by atoms with Crippen LogP contribution in [0.15, 0.2) is 42.5 Å². The summed E-state index contributed by atoms with van der Waals surface area (Å²) < 4.78 is 5.81. The van der Waals surface area contributed by atoms with Gasteiger partial charge in [0.05, 0.1) is 29.3 Å². The van der Waals surface area contributed by atoms with Crippen LogP contribution < -0.4 is 4.74 Å². The van der Waals surface area contributed by atoms with Crippen molar-refractivity contribution in [3.63, 3.8) is 0 Å². The molecule has 0 amide bonds. The SMILES string of the molecule is CCCCCCCOc1ccc(Cc2nc3cc(C#N)ccc3[nH]2)cc1. The number of ether oxygens (including phenoxy) is 1. The van der Waals surface area contributed by atoms with E-state index in [0.29, 0.717) is 5.56 Å². The Labute approximate surface area is 154 Å². The molecule has 0 radical (unpaired) electrons. The molecule has 4 nitrogen and oxygen atoms in total. The van der Waals surface area contributed by atoms with Gasteiger partial charge in [-0.2, -0.15) is 5.26 Å². The maximum absolute atomic E-state index is 8.98. The lowest BCUT2D eigenvalue weighted by Crippen LogP contribution is -1.97. The standard InChI is InChI=1S/C22H25N3O/c1-2-3-4-5-6-13-26-19-10-7-17(8-11-19)15-22-24-20-12-9-18(16-23)14-21(20)25-22/h7-12,14H,2-6,13,15H2,1H3,(H,24,25). The number of unbranched alkanes of at least 4 members (excludes halogenated alkanes) is 4. The quantitative estimate of drug-likeness (QED) is 0.529. The maximum Gasteiger partial charge on any atom is 0.119 e. The van der Waals surface area contributed by atoms with Crippen LogP contribution in [0.1, 0.15) is 56.0 Å². The van der Waals surface area contributed by atoms with Gasteiger partial charge < -0.3 is 9.72 Å². The Morgan fingerprint density at radius 1 is 1.04 bits per heavy atom. The number of rotatable bonds is 9. The van der Waals surface area contributed by atoms with Crippen molar-refractivity contribution >= 4 is 11.0 Å². The number of benzene rings is 2. The number of hydrogen-bond acceptors (Lipinski definition) is 3. The van der Waals surface area contributed by atoms with Crippen LogP contribution >= 0.6 is 0 Å². The van der Waals surface area contributed by atoms with Crippen molar-refractivity contribution in [2.24, 2.45) is 0 Å². The van der Waals surface area contributed by atoms with Crippen LogP contribution in [0.4, 0.5) is 0 Å². The van der Waals surface area contributed by atoms with E-state index in [9.17, 15) is 0 Å². The van der Waals surface area contributed by atoms with Crippen LogP contribution in [0, 0.1) is 11.3 Å². The first-order valence-corrected chi connectivity index (χ1v) is 9.39. The number of imidazole rings is 1. The van der Waals surface area contributed by atoms with Gasteiger partial charge in [-0.1, -0.05) is 44.7 Å². The van der Waals surface area contributed by atoms with E-state index in [1.807, 2.05) is 24.3 Å². The van der Waals surface area contributed by atoms with Gasteiger partial charge in [-0.3, -0.25) is 0 Å². The lowest BCUT2D eigenvalue weighted by molar-refractivity contribution is 0.304. The van der Waals surface area contributed by atoms with Gasteiger partial charge in [-0.15, -0.1) is 0 Å². The van der Waals surface area contributed by atoms with E-state index in [4.69, 9.17) is 10.00 Å². The van der Waals surface area contributed by atoms with Crippen molar-refractivity contribution < 1.29 is 4.74 Å². The van der Waals surface area contributed by atoms with Gasteiger partial charge in [-0.05, 0) is 42.3 Å². The number of H-pyrrole nitrogens is 1. The minimum atomic E-state index is 0.631. The van der Waals surface area contributed by atoms with E-state index in [2.05, 4.69) is 35.1 Å². The Kier molecular flexibility index (Phi) is 6.27. The van der Waals surface area contributed by atoms with Crippen LogP contribution in [-0.2, 0) is 6.42 Å². The van der Waals surface area contributed by atoms with Crippen molar-refractivity contribution in [1.82, 2.24) is 9.97 Å². The van der Waals surface area contributed by atoms with Crippen LogP contribution in [0.5, 0.6) is 5.75 Å². The van der Waals surface area contributed by atoms with Crippen LogP contribution in [0.25, 0.3) is 11.0 Å². The van der Waals surface area contributed by atoms with Crippen LogP contribution in [0.3, 0.4) is 0 Å². The predicted molar refractivity (Wildman–Crippen MR) is 104 cm³/mol. The van der Waals surface area contributed by atoms with Gasteiger partial charge in [0.25, 0.3) is 0 Å². The molecule has 26 heavy (non-hydrogen) atoms. The molecule has 0 aliphatic heterocycles. The minimum absolute atomic E-state index is 0.631. The topological polar surface area (TPSA) is 61.7 Å². The number of fused-ring (bicyclic) bond motifs is 1. The smallest absolute Gasteiger partial charge is 0.119 e. The zero-order chi connectivity index (χ0) is 18.2. The number of aromatic nitrogens is 2. The predicted octanol–water partition coefficient (Wildman–Crippen LogP) is 5.37. The van der Waals surface area contributed by atoms with E-state index in [1.54, 1.807) is 6.07 Å². The van der Waals surface area contributed by atoms with Gasteiger partial charge >= 0.3 is 0 Å². The molecule has 1 heterocycles. The molecule has 0 saturated carbocycles. The van der Waals surface area contributed by atoms with Crippen molar-refractivity contribution in [3.8, 4) is 11.8 Å². The largest absolute Gasteiger partial charge is 0.494 e. The van der Waals surface area contributed by atoms with Gasteiger partial charge in [0, 0.05) is 6.42 Å². The Balaban J connectivity index is 1.53.